The van der Waals surface area contributed by atoms with Gasteiger partial charge in [0, 0.05) is 15.7 Å². The van der Waals surface area contributed by atoms with Gasteiger partial charge in [-0.3, -0.25) is 0 Å². The molecule has 20 heavy (non-hydrogen) atoms. The van der Waals surface area contributed by atoms with E-state index < -0.39 is 17.8 Å². The van der Waals surface area contributed by atoms with Crippen molar-refractivity contribution in [3.63, 3.8) is 0 Å². The number of para-hydroxylation sites is 1. The Labute approximate surface area is 124 Å². The van der Waals surface area contributed by atoms with Crippen LogP contribution in [0.2, 0.25) is 0 Å². The molecule has 2 rings (SSSR count). The van der Waals surface area contributed by atoms with Crippen molar-refractivity contribution in [3.05, 3.63) is 63.9 Å². The number of carbonyl (C=O) groups is 1. The molecule has 0 aliphatic heterocycles. The quantitative estimate of drug-likeness (QED) is 0.881. The Hall–Kier alpha value is -1.88. The Balaban J connectivity index is 2.40. The summed E-state index contributed by atoms with van der Waals surface area (Å²) in [5.74, 6) is -1.69. The highest BCUT2D eigenvalue weighted by atomic mass is 79.9. The van der Waals surface area contributed by atoms with E-state index in [0.717, 1.165) is 5.56 Å². The van der Waals surface area contributed by atoms with Gasteiger partial charge in [0.05, 0.1) is 0 Å². The SMILES string of the molecule is Cc1ccccc1NC(C(=O)O)c1cc(Br)ccc1F. The van der Waals surface area contributed by atoms with Gasteiger partial charge in [-0.15, -0.1) is 0 Å². The van der Waals surface area contributed by atoms with Crippen molar-refractivity contribution in [1.29, 1.82) is 0 Å². The number of rotatable bonds is 4. The fourth-order valence-corrected chi connectivity index (χ4v) is 2.28. The van der Waals surface area contributed by atoms with Gasteiger partial charge in [-0.05, 0) is 36.8 Å². The molecule has 0 fully saturated rings. The molecule has 2 aromatic rings. The highest BCUT2D eigenvalue weighted by Crippen LogP contribution is 2.26. The first-order valence-corrected chi connectivity index (χ1v) is 6.78. The summed E-state index contributed by atoms with van der Waals surface area (Å²) in [6.07, 6.45) is 0. The zero-order chi connectivity index (χ0) is 14.7. The Bertz CT molecular complexity index is 646. The molecule has 0 saturated carbocycles. The lowest BCUT2D eigenvalue weighted by Gasteiger charge is -2.18. The third-order valence-corrected chi connectivity index (χ3v) is 3.45. The van der Waals surface area contributed by atoms with Crippen molar-refractivity contribution in [3.8, 4) is 0 Å². The number of aliphatic carboxylic acids is 1. The van der Waals surface area contributed by atoms with Crippen LogP contribution in [0.1, 0.15) is 17.2 Å². The second-order valence-corrected chi connectivity index (χ2v) is 5.31. The lowest BCUT2D eigenvalue weighted by molar-refractivity contribution is -0.138. The van der Waals surface area contributed by atoms with Crippen LogP contribution in [0.25, 0.3) is 0 Å². The van der Waals surface area contributed by atoms with Crippen LogP contribution in [-0.2, 0) is 4.79 Å². The van der Waals surface area contributed by atoms with Crippen molar-refractivity contribution in [2.45, 2.75) is 13.0 Å². The normalized spacial score (nSPS) is 11.9. The molecule has 0 bridgehead atoms. The molecule has 0 amide bonds. The minimum absolute atomic E-state index is 0.0927. The molecule has 0 heterocycles. The monoisotopic (exact) mass is 337 g/mol. The van der Waals surface area contributed by atoms with Crippen molar-refractivity contribution in [1.82, 2.24) is 0 Å². The Morgan fingerprint density at radius 3 is 2.65 bits per heavy atom. The van der Waals surface area contributed by atoms with Crippen LogP contribution >= 0.6 is 15.9 Å². The summed E-state index contributed by atoms with van der Waals surface area (Å²) in [7, 11) is 0. The van der Waals surface area contributed by atoms with Crippen molar-refractivity contribution >= 4 is 27.6 Å². The van der Waals surface area contributed by atoms with Crippen LogP contribution in [0.5, 0.6) is 0 Å². The molecule has 0 aliphatic carbocycles. The van der Waals surface area contributed by atoms with E-state index in [9.17, 15) is 14.3 Å². The van der Waals surface area contributed by atoms with Gasteiger partial charge >= 0.3 is 5.97 Å². The number of nitrogens with one attached hydrogen (secondary N) is 1. The van der Waals surface area contributed by atoms with Crippen molar-refractivity contribution < 1.29 is 14.3 Å². The third-order valence-electron chi connectivity index (χ3n) is 2.96. The largest absolute Gasteiger partial charge is 0.479 e. The maximum atomic E-state index is 13.9. The average Bonchev–Trinajstić information content (AvgIpc) is 2.40. The molecular weight excluding hydrogens is 325 g/mol. The number of benzene rings is 2. The predicted octanol–water partition coefficient (Wildman–Crippen LogP) is 4.13. The number of carboxylic acids is 1. The van der Waals surface area contributed by atoms with Crippen LogP contribution in [-0.4, -0.2) is 11.1 Å². The number of aryl methyl sites for hydroxylation is 1. The van der Waals surface area contributed by atoms with Gasteiger partial charge < -0.3 is 10.4 Å². The first-order chi connectivity index (χ1) is 9.49. The Morgan fingerprint density at radius 2 is 2.00 bits per heavy atom. The Kier molecular flexibility index (Phi) is 4.39. The molecule has 0 spiro atoms. The number of anilines is 1. The van der Waals surface area contributed by atoms with Gasteiger partial charge in [0.15, 0.2) is 6.04 Å². The molecule has 0 aliphatic rings. The topological polar surface area (TPSA) is 49.3 Å². The molecular formula is C15H13BrFNO2. The maximum Gasteiger partial charge on any atom is 0.330 e. The van der Waals surface area contributed by atoms with E-state index in [4.69, 9.17) is 0 Å². The fraction of sp³-hybridized carbons (Fsp3) is 0.133. The zero-order valence-electron chi connectivity index (χ0n) is 10.7. The van der Waals surface area contributed by atoms with Crippen LogP contribution in [0.15, 0.2) is 46.9 Å². The van der Waals surface area contributed by atoms with Gasteiger partial charge in [-0.1, -0.05) is 34.1 Å². The molecule has 0 radical (unpaired) electrons. The number of carboxylic acid groups (broad SMARTS) is 1. The summed E-state index contributed by atoms with van der Waals surface area (Å²) in [4.78, 5) is 11.4. The summed E-state index contributed by atoms with van der Waals surface area (Å²) in [5, 5.41) is 12.2. The molecule has 0 aromatic heterocycles. The summed E-state index contributed by atoms with van der Waals surface area (Å²) >= 11 is 3.23. The van der Waals surface area contributed by atoms with Crippen LogP contribution in [0, 0.1) is 12.7 Å². The van der Waals surface area contributed by atoms with Crippen LogP contribution in [0.4, 0.5) is 10.1 Å². The minimum atomic E-state index is -1.14. The van der Waals surface area contributed by atoms with Gasteiger partial charge in [0.25, 0.3) is 0 Å². The van der Waals surface area contributed by atoms with E-state index in [2.05, 4.69) is 21.2 Å². The van der Waals surface area contributed by atoms with E-state index in [-0.39, 0.29) is 5.56 Å². The summed E-state index contributed by atoms with van der Waals surface area (Å²) in [5.41, 5.74) is 1.66. The van der Waals surface area contributed by atoms with Gasteiger partial charge in [-0.2, -0.15) is 0 Å². The van der Waals surface area contributed by atoms with E-state index in [1.54, 1.807) is 12.1 Å². The van der Waals surface area contributed by atoms with Crippen LogP contribution < -0.4 is 5.32 Å². The number of hydrogen-bond acceptors (Lipinski definition) is 2. The summed E-state index contributed by atoms with van der Waals surface area (Å²) in [6.45, 7) is 1.86. The lowest BCUT2D eigenvalue weighted by atomic mass is 10.1. The zero-order valence-corrected chi connectivity index (χ0v) is 12.3. The third kappa shape index (κ3) is 3.17. The first-order valence-electron chi connectivity index (χ1n) is 5.99. The van der Waals surface area contributed by atoms with Gasteiger partial charge in [0.1, 0.15) is 5.82 Å². The highest BCUT2D eigenvalue weighted by Gasteiger charge is 2.23. The second kappa shape index (κ2) is 6.05. The van der Waals surface area contributed by atoms with Crippen LogP contribution in [0.3, 0.4) is 0 Å². The summed E-state index contributed by atoms with van der Waals surface area (Å²) < 4.78 is 14.5. The van der Waals surface area contributed by atoms with Crippen molar-refractivity contribution in [2.75, 3.05) is 5.32 Å². The smallest absolute Gasteiger partial charge is 0.330 e. The van der Waals surface area contributed by atoms with Gasteiger partial charge in [0.2, 0.25) is 0 Å². The van der Waals surface area contributed by atoms with Gasteiger partial charge in [-0.25, -0.2) is 9.18 Å². The molecule has 2 N–H and O–H groups in total. The molecule has 3 nitrogen and oxygen atoms in total. The highest BCUT2D eigenvalue weighted by molar-refractivity contribution is 9.10. The van der Waals surface area contributed by atoms with E-state index in [0.29, 0.717) is 10.2 Å². The molecule has 5 heteroatoms. The van der Waals surface area contributed by atoms with E-state index in [1.807, 2.05) is 19.1 Å². The molecule has 104 valence electrons. The van der Waals surface area contributed by atoms with E-state index >= 15 is 0 Å². The first kappa shape index (κ1) is 14.5. The molecule has 1 unspecified atom stereocenters. The van der Waals surface area contributed by atoms with E-state index in [1.165, 1.54) is 18.2 Å². The minimum Gasteiger partial charge on any atom is -0.479 e. The second-order valence-electron chi connectivity index (χ2n) is 4.40. The number of halogens is 2. The molecule has 0 saturated heterocycles. The average molecular weight is 338 g/mol. The summed E-state index contributed by atoms with van der Waals surface area (Å²) in [6, 6.07) is 10.4. The fourth-order valence-electron chi connectivity index (χ4n) is 1.90. The van der Waals surface area contributed by atoms with Crippen molar-refractivity contribution in [2.24, 2.45) is 0 Å². The maximum absolute atomic E-state index is 13.9. The Morgan fingerprint density at radius 1 is 1.30 bits per heavy atom. The lowest BCUT2D eigenvalue weighted by Crippen LogP contribution is -2.22. The molecule has 1 atom stereocenters. The number of hydrogen-bond donors (Lipinski definition) is 2. The predicted molar refractivity (Wildman–Crippen MR) is 79.3 cm³/mol. The standard InChI is InChI=1S/C15H13BrFNO2/c1-9-4-2-3-5-13(9)18-14(15(19)20)11-8-10(16)6-7-12(11)17/h2-8,14,18H,1H3,(H,19,20). The molecule has 2 aromatic carbocycles.